The molecule has 0 bridgehead atoms. The van der Waals surface area contributed by atoms with Crippen LogP contribution in [-0.2, 0) is 16.6 Å². The summed E-state index contributed by atoms with van der Waals surface area (Å²) >= 11 is 1.51. The second-order valence-electron chi connectivity index (χ2n) is 3.42. The molecule has 1 aromatic rings. The minimum atomic E-state index is -3.52. The Kier molecular flexibility index (Phi) is 4.47. The van der Waals surface area contributed by atoms with Crippen LogP contribution in [0, 0.1) is 18.3 Å². The fourth-order valence-corrected chi connectivity index (χ4v) is 3.29. The van der Waals surface area contributed by atoms with Gasteiger partial charge in [-0.3, -0.25) is 0 Å². The third kappa shape index (κ3) is 3.04. The summed E-state index contributed by atoms with van der Waals surface area (Å²) in [5.41, 5.74) is 1.07. The number of hydrogen-bond acceptors (Lipinski definition) is 4. The topological polar surface area (TPSA) is 70.0 Å². The molecule has 1 N–H and O–H groups in total. The van der Waals surface area contributed by atoms with E-state index in [4.69, 9.17) is 5.26 Å². The van der Waals surface area contributed by atoms with Gasteiger partial charge in [0.1, 0.15) is 0 Å². The van der Waals surface area contributed by atoms with E-state index in [0.29, 0.717) is 6.42 Å². The van der Waals surface area contributed by atoms with Crippen LogP contribution in [0.1, 0.15) is 23.8 Å². The zero-order valence-corrected chi connectivity index (χ0v) is 10.9. The van der Waals surface area contributed by atoms with Gasteiger partial charge in [0.15, 0.2) is 5.25 Å². The Balaban J connectivity index is 2.69. The van der Waals surface area contributed by atoms with E-state index in [9.17, 15) is 8.42 Å². The highest BCUT2D eigenvalue weighted by Crippen LogP contribution is 2.15. The van der Waals surface area contributed by atoms with E-state index < -0.39 is 15.3 Å². The van der Waals surface area contributed by atoms with Crippen molar-refractivity contribution in [2.45, 2.75) is 32.1 Å². The van der Waals surface area contributed by atoms with E-state index >= 15 is 0 Å². The molecule has 0 saturated heterocycles. The first-order chi connectivity index (χ1) is 7.51. The van der Waals surface area contributed by atoms with Gasteiger partial charge in [0.2, 0.25) is 10.0 Å². The molecule has 0 aromatic carbocycles. The van der Waals surface area contributed by atoms with Crippen LogP contribution in [0.4, 0.5) is 0 Å². The molecule has 0 aliphatic carbocycles. The summed E-state index contributed by atoms with van der Waals surface area (Å²) in [6.07, 6.45) is 0.301. The average molecular weight is 258 g/mol. The van der Waals surface area contributed by atoms with E-state index in [1.165, 1.54) is 11.3 Å². The number of nitrogens with one attached hydrogen (secondary N) is 1. The molecular weight excluding hydrogens is 244 g/mol. The first-order valence-electron chi connectivity index (χ1n) is 4.92. The Hall–Kier alpha value is -0.900. The molecule has 88 valence electrons. The van der Waals surface area contributed by atoms with Gasteiger partial charge in [-0.2, -0.15) is 5.26 Å². The Morgan fingerprint density at radius 3 is 2.75 bits per heavy atom. The Labute approximate surface area is 100.0 Å². The monoisotopic (exact) mass is 258 g/mol. The van der Waals surface area contributed by atoms with Gasteiger partial charge >= 0.3 is 0 Å². The van der Waals surface area contributed by atoms with E-state index in [2.05, 4.69) is 4.72 Å². The maximum Gasteiger partial charge on any atom is 0.228 e. The number of thiophene rings is 1. The van der Waals surface area contributed by atoms with Gasteiger partial charge in [0.25, 0.3) is 0 Å². The molecule has 1 heterocycles. The van der Waals surface area contributed by atoms with Crippen LogP contribution in [0.25, 0.3) is 0 Å². The first-order valence-corrected chi connectivity index (χ1v) is 7.35. The smallest absolute Gasteiger partial charge is 0.211 e. The maximum atomic E-state index is 11.7. The minimum Gasteiger partial charge on any atom is -0.211 e. The van der Waals surface area contributed by atoms with E-state index in [1.807, 2.05) is 18.4 Å². The predicted molar refractivity (Wildman–Crippen MR) is 64.5 cm³/mol. The number of nitrogens with zero attached hydrogens (tertiary/aromatic N) is 1. The summed E-state index contributed by atoms with van der Waals surface area (Å²) in [5, 5.41) is 9.66. The van der Waals surface area contributed by atoms with Crippen LogP contribution in [0.15, 0.2) is 11.4 Å². The summed E-state index contributed by atoms with van der Waals surface area (Å²) in [6, 6.07) is 3.73. The van der Waals surface area contributed by atoms with Crippen LogP contribution in [0.3, 0.4) is 0 Å². The molecule has 0 amide bonds. The molecular formula is C10H14N2O2S2. The number of aryl methyl sites for hydroxylation is 1. The van der Waals surface area contributed by atoms with Gasteiger partial charge in [0.05, 0.1) is 6.07 Å². The minimum absolute atomic E-state index is 0.268. The second kappa shape index (κ2) is 5.43. The second-order valence-corrected chi connectivity index (χ2v) is 6.37. The van der Waals surface area contributed by atoms with Crippen molar-refractivity contribution in [2.24, 2.45) is 0 Å². The molecule has 0 fully saturated rings. The summed E-state index contributed by atoms with van der Waals surface area (Å²) < 4.78 is 25.8. The third-order valence-electron chi connectivity index (χ3n) is 2.29. The molecule has 0 radical (unpaired) electrons. The molecule has 0 aliphatic heterocycles. The van der Waals surface area contributed by atoms with Gasteiger partial charge in [-0.05, 0) is 30.4 Å². The van der Waals surface area contributed by atoms with Crippen molar-refractivity contribution in [3.8, 4) is 6.07 Å². The first kappa shape index (κ1) is 13.2. The molecule has 0 aliphatic rings. The van der Waals surface area contributed by atoms with Crippen LogP contribution in [0.5, 0.6) is 0 Å². The summed E-state index contributed by atoms with van der Waals surface area (Å²) in [5.74, 6) is 0. The fourth-order valence-electron chi connectivity index (χ4n) is 1.23. The zero-order chi connectivity index (χ0) is 12.2. The molecule has 6 heteroatoms. The van der Waals surface area contributed by atoms with Gasteiger partial charge in [-0.25, -0.2) is 13.1 Å². The molecule has 1 unspecified atom stereocenters. The van der Waals surface area contributed by atoms with Crippen molar-refractivity contribution in [2.75, 3.05) is 0 Å². The average Bonchev–Trinajstić information content (AvgIpc) is 2.62. The molecule has 0 saturated carbocycles. The SMILES string of the molecule is CCC(C#N)S(=O)(=O)NCc1sccc1C. The highest BCUT2D eigenvalue weighted by Gasteiger charge is 2.22. The lowest BCUT2D eigenvalue weighted by Gasteiger charge is -2.09. The number of hydrogen-bond donors (Lipinski definition) is 1. The largest absolute Gasteiger partial charge is 0.228 e. The third-order valence-corrected chi connectivity index (χ3v) is 5.05. The highest BCUT2D eigenvalue weighted by molar-refractivity contribution is 7.90. The lowest BCUT2D eigenvalue weighted by Crippen LogP contribution is -2.32. The van der Waals surface area contributed by atoms with E-state index in [0.717, 1.165) is 10.4 Å². The Bertz CT molecular complexity index is 485. The quantitative estimate of drug-likeness (QED) is 0.875. The van der Waals surface area contributed by atoms with Crippen molar-refractivity contribution in [1.82, 2.24) is 4.72 Å². The summed E-state index contributed by atoms with van der Waals surface area (Å²) in [6.45, 7) is 3.88. The van der Waals surface area contributed by atoms with E-state index in [-0.39, 0.29) is 6.54 Å². The number of nitriles is 1. The lowest BCUT2D eigenvalue weighted by atomic mass is 10.3. The molecule has 4 nitrogen and oxygen atoms in total. The standard InChI is InChI=1S/C10H14N2O2S2/c1-3-9(6-11)16(13,14)12-7-10-8(2)4-5-15-10/h4-5,9,12H,3,7H2,1-2H3. The lowest BCUT2D eigenvalue weighted by molar-refractivity contribution is 0.572. The van der Waals surface area contributed by atoms with Gasteiger partial charge in [-0.15, -0.1) is 11.3 Å². The van der Waals surface area contributed by atoms with Crippen LogP contribution < -0.4 is 4.72 Å². The fraction of sp³-hybridized carbons (Fsp3) is 0.500. The van der Waals surface area contributed by atoms with Crippen molar-refractivity contribution in [1.29, 1.82) is 5.26 Å². The Morgan fingerprint density at radius 1 is 1.62 bits per heavy atom. The van der Waals surface area contributed by atoms with Gasteiger partial charge in [0, 0.05) is 11.4 Å². The predicted octanol–water partition coefficient (Wildman–Crippen LogP) is 1.78. The van der Waals surface area contributed by atoms with Crippen LogP contribution in [-0.4, -0.2) is 13.7 Å². The number of rotatable bonds is 5. The van der Waals surface area contributed by atoms with Crippen LogP contribution in [0.2, 0.25) is 0 Å². The summed E-state index contributed by atoms with van der Waals surface area (Å²) in [4.78, 5) is 0.983. The normalized spacial score (nSPS) is 13.3. The van der Waals surface area contributed by atoms with Crippen molar-refractivity contribution >= 4 is 21.4 Å². The zero-order valence-electron chi connectivity index (χ0n) is 9.23. The summed E-state index contributed by atoms with van der Waals surface area (Å²) in [7, 11) is -3.52. The highest BCUT2D eigenvalue weighted by atomic mass is 32.2. The van der Waals surface area contributed by atoms with Crippen LogP contribution >= 0.6 is 11.3 Å². The molecule has 1 rings (SSSR count). The van der Waals surface area contributed by atoms with Crippen molar-refractivity contribution < 1.29 is 8.42 Å². The van der Waals surface area contributed by atoms with Crippen molar-refractivity contribution in [3.63, 3.8) is 0 Å². The van der Waals surface area contributed by atoms with Crippen molar-refractivity contribution in [3.05, 3.63) is 21.9 Å². The Morgan fingerprint density at radius 2 is 2.31 bits per heavy atom. The van der Waals surface area contributed by atoms with Gasteiger partial charge < -0.3 is 0 Å². The molecule has 1 aromatic heterocycles. The molecule has 1 atom stereocenters. The van der Waals surface area contributed by atoms with Gasteiger partial charge in [-0.1, -0.05) is 6.92 Å². The maximum absolute atomic E-state index is 11.7. The molecule has 16 heavy (non-hydrogen) atoms. The molecule has 0 spiro atoms. The van der Waals surface area contributed by atoms with E-state index in [1.54, 1.807) is 13.0 Å². The number of sulfonamides is 1.